The summed E-state index contributed by atoms with van der Waals surface area (Å²) in [6, 6.07) is 2.51. The zero-order valence-electron chi connectivity index (χ0n) is 8.97. The Hall–Kier alpha value is -1.49. The fourth-order valence-corrected chi connectivity index (χ4v) is 1.88. The Labute approximate surface area is 106 Å². The quantitative estimate of drug-likeness (QED) is 0.816. The first kappa shape index (κ1) is 12.0. The van der Waals surface area contributed by atoms with Crippen molar-refractivity contribution < 1.29 is 8.78 Å². The molecule has 0 unspecified atom stereocenters. The third-order valence-electron chi connectivity index (χ3n) is 2.57. The van der Waals surface area contributed by atoms with Gasteiger partial charge >= 0.3 is 0 Å². The van der Waals surface area contributed by atoms with Crippen LogP contribution in [0.2, 0.25) is 0 Å². The van der Waals surface area contributed by atoms with Crippen LogP contribution >= 0.6 is 15.9 Å². The summed E-state index contributed by atoms with van der Waals surface area (Å²) in [4.78, 5) is 3.97. The number of nitrogens with zero attached hydrogens (tertiary/aromatic N) is 1. The van der Waals surface area contributed by atoms with Crippen LogP contribution in [0, 0.1) is 18.6 Å². The Bertz CT molecular complexity index is 585. The van der Waals surface area contributed by atoms with E-state index in [4.69, 9.17) is 5.73 Å². The zero-order valence-corrected chi connectivity index (χ0v) is 10.6. The van der Waals surface area contributed by atoms with Gasteiger partial charge in [-0.15, -0.1) is 0 Å². The lowest BCUT2D eigenvalue weighted by Crippen LogP contribution is -1.99. The summed E-state index contributed by atoms with van der Waals surface area (Å²) in [5, 5.41) is 0. The number of hydrogen-bond acceptors (Lipinski definition) is 2. The summed E-state index contributed by atoms with van der Waals surface area (Å²) >= 11 is 3.31. The van der Waals surface area contributed by atoms with Crippen LogP contribution in [-0.2, 0) is 0 Å². The van der Waals surface area contributed by atoms with Gasteiger partial charge in [0, 0.05) is 28.0 Å². The Morgan fingerprint density at radius 1 is 1.18 bits per heavy atom. The number of nitrogen functional groups attached to an aromatic ring is 1. The summed E-state index contributed by atoms with van der Waals surface area (Å²) in [5.41, 5.74) is 6.51. The fourth-order valence-electron chi connectivity index (χ4n) is 1.55. The molecule has 2 rings (SSSR count). The number of pyridine rings is 1. The van der Waals surface area contributed by atoms with Crippen LogP contribution in [-0.4, -0.2) is 4.98 Å². The van der Waals surface area contributed by atoms with Crippen molar-refractivity contribution in [3.63, 3.8) is 0 Å². The van der Waals surface area contributed by atoms with Crippen LogP contribution < -0.4 is 5.73 Å². The third-order valence-corrected chi connectivity index (χ3v) is 3.37. The Balaban J connectivity index is 2.69. The molecule has 0 atom stereocenters. The first-order valence-corrected chi connectivity index (χ1v) is 5.65. The molecule has 2 nitrogen and oxygen atoms in total. The summed E-state index contributed by atoms with van der Waals surface area (Å²) in [6.07, 6.45) is 3.14. The molecule has 0 radical (unpaired) electrons. The van der Waals surface area contributed by atoms with E-state index in [-0.39, 0.29) is 5.56 Å². The van der Waals surface area contributed by atoms with Gasteiger partial charge in [0.15, 0.2) is 5.82 Å². The molecule has 0 bridgehead atoms. The zero-order chi connectivity index (χ0) is 12.6. The number of hydrogen-bond donors (Lipinski definition) is 1. The van der Waals surface area contributed by atoms with E-state index in [0.29, 0.717) is 5.56 Å². The number of halogens is 3. The molecule has 0 aliphatic rings. The molecule has 1 aromatic heterocycles. The van der Waals surface area contributed by atoms with E-state index in [2.05, 4.69) is 20.9 Å². The number of benzene rings is 1. The highest BCUT2D eigenvalue weighted by Crippen LogP contribution is 2.32. The minimum atomic E-state index is -0.758. The maximum Gasteiger partial charge on any atom is 0.156 e. The second kappa shape index (κ2) is 4.41. The van der Waals surface area contributed by atoms with Gasteiger partial charge in [-0.1, -0.05) is 0 Å². The number of anilines is 1. The van der Waals surface area contributed by atoms with E-state index >= 15 is 0 Å². The average Bonchev–Trinajstić information content (AvgIpc) is 2.31. The highest BCUT2D eigenvalue weighted by Gasteiger charge is 2.14. The minimum absolute atomic E-state index is 0.246. The topological polar surface area (TPSA) is 38.9 Å². The second-order valence-corrected chi connectivity index (χ2v) is 4.47. The molecule has 88 valence electrons. The minimum Gasteiger partial charge on any atom is -0.394 e. The van der Waals surface area contributed by atoms with Crippen molar-refractivity contribution in [2.75, 3.05) is 5.73 Å². The molecule has 1 heterocycles. The van der Waals surface area contributed by atoms with E-state index in [1.54, 1.807) is 6.20 Å². The first-order chi connectivity index (χ1) is 8.02. The van der Waals surface area contributed by atoms with Crippen molar-refractivity contribution in [1.82, 2.24) is 4.98 Å². The Kier molecular flexibility index (Phi) is 3.11. The molecule has 2 aromatic rings. The van der Waals surface area contributed by atoms with E-state index in [0.717, 1.165) is 16.1 Å². The van der Waals surface area contributed by atoms with E-state index in [1.165, 1.54) is 12.3 Å². The van der Waals surface area contributed by atoms with Gasteiger partial charge in [-0.05, 0) is 40.5 Å². The maximum atomic E-state index is 13.9. The standard InChI is InChI=1S/C12H9BrF2N2/c1-6-8(4-17-5-9(6)13)7-2-3-10(14)12(16)11(7)15/h2-5H,16H2,1H3. The predicted molar refractivity (Wildman–Crippen MR) is 66.4 cm³/mol. The lowest BCUT2D eigenvalue weighted by atomic mass is 10.0. The Morgan fingerprint density at radius 3 is 2.59 bits per heavy atom. The van der Waals surface area contributed by atoms with Gasteiger partial charge in [0.1, 0.15) is 11.5 Å². The second-order valence-electron chi connectivity index (χ2n) is 3.62. The molecule has 5 heteroatoms. The van der Waals surface area contributed by atoms with Gasteiger partial charge in [-0.3, -0.25) is 4.98 Å². The molecule has 1 aromatic carbocycles. The molecule has 0 spiro atoms. The lowest BCUT2D eigenvalue weighted by molar-refractivity contribution is 0.594. The van der Waals surface area contributed by atoms with Gasteiger partial charge in [0.2, 0.25) is 0 Å². The monoisotopic (exact) mass is 298 g/mol. The van der Waals surface area contributed by atoms with Crippen molar-refractivity contribution in [3.05, 3.63) is 46.2 Å². The van der Waals surface area contributed by atoms with Crippen molar-refractivity contribution in [2.24, 2.45) is 0 Å². The van der Waals surface area contributed by atoms with Crippen LogP contribution in [0.15, 0.2) is 29.0 Å². The normalized spacial score (nSPS) is 10.6. The molecular formula is C12H9BrF2N2. The summed E-state index contributed by atoms with van der Waals surface area (Å²) in [6.45, 7) is 1.82. The van der Waals surface area contributed by atoms with Crippen LogP contribution in [0.25, 0.3) is 11.1 Å². The van der Waals surface area contributed by atoms with Crippen LogP contribution in [0.3, 0.4) is 0 Å². The van der Waals surface area contributed by atoms with Gasteiger partial charge in [-0.2, -0.15) is 0 Å². The van der Waals surface area contributed by atoms with E-state index in [9.17, 15) is 8.78 Å². The third kappa shape index (κ3) is 2.02. The summed E-state index contributed by atoms with van der Waals surface area (Å²) < 4.78 is 27.7. The molecule has 0 aliphatic carbocycles. The van der Waals surface area contributed by atoms with Gasteiger partial charge in [-0.25, -0.2) is 8.78 Å². The molecule has 2 N–H and O–H groups in total. The summed E-state index contributed by atoms with van der Waals surface area (Å²) in [7, 11) is 0. The summed E-state index contributed by atoms with van der Waals surface area (Å²) in [5.74, 6) is -1.51. The molecule has 17 heavy (non-hydrogen) atoms. The maximum absolute atomic E-state index is 13.9. The van der Waals surface area contributed by atoms with Crippen molar-refractivity contribution in [3.8, 4) is 11.1 Å². The Morgan fingerprint density at radius 2 is 1.88 bits per heavy atom. The largest absolute Gasteiger partial charge is 0.394 e. The van der Waals surface area contributed by atoms with Crippen LogP contribution in [0.4, 0.5) is 14.5 Å². The SMILES string of the molecule is Cc1c(Br)cncc1-c1ccc(F)c(N)c1F. The molecular weight excluding hydrogens is 290 g/mol. The first-order valence-electron chi connectivity index (χ1n) is 4.86. The number of aromatic nitrogens is 1. The molecule has 0 saturated heterocycles. The smallest absolute Gasteiger partial charge is 0.156 e. The molecule has 0 aliphatic heterocycles. The molecule has 0 saturated carbocycles. The van der Waals surface area contributed by atoms with Gasteiger partial charge in [0.05, 0.1) is 0 Å². The van der Waals surface area contributed by atoms with Crippen LogP contribution in [0.1, 0.15) is 5.56 Å². The number of rotatable bonds is 1. The number of nitrogens with two attached hydrogens (primary N) is 1. The van der Waals surface area contributed by atoms with Crippen LogP contribution in [0.5, 0.6) is 0 Å². The fraction of sp³-hybridized carbons (Fsp3) is 0.0833. The highest BCUT2D eigenvalue weighted by molar-refractivity contribution is 9.10. The molecule has 0 amide bonds. The highest BCUT2D eigenvalue weighted by atomic mass is 79.9. The average molecular weight is 299 g/mol. The van der Waals surface area contributed by atoms with Crippen molar-refractivity contribution in [1.29, 1.82) is 0 Å². The van der Waals surface area contributed by atoms with Gasteiger partial charge < -0.3 is 5.73 Å². The van der Waals surface area contributed by atoms with E-state index in [1.807, 2.05) is 6.92 Å². The lowest BCUT2D eigenvalue weighted by Gasteiger charge is -2.10. The van der Waals surface area contributed by atoms with E-state index < -0.39 is 17.3 Å². The van der Waals surface area contributed by atoms with Gasteiger partial charge in [0.25, 0.3) is 0 Å². The van der Waals surface area contributed by atoms with Crippen molar-refractivity contribution >= 4 is 21.6 Å². The van der Waals surface area contributed by atoms with Crippen molar-refractivity contribution in [2.45, 2.75) is 6.92 Å². The predicted octanol–water partition coefficient (Wildman–Crippen LogP) is 3.68. The molecule has 0 fully saturated rings.